The Morgan fingerprint density at radius 3 is 2.52 bits per heavy atom. The molecule has 0 fully saturated rings. The van der Waals surface area contributed by atoms with E-state index in [9.17, 15) is 0 Å². The monoisotopic (exact) mass is 535 g/mol. The molecule has 0 saturated carbocycles. The molecule has 0 unspecified atom stereocenters. The van der Waals surface area contributed by atoms with Crippen molar-refractivity contribution in [3.63, 3.8) is 0 Å². The normalized spacial score (nSPS) is 13.0. The molecule has 0 atom stereocenters. The summed E-state index contributed by atoms with van der Waals surface area (Å²) in [4.78, 5) is 3.95. The Morgan fingerprint density at radius 1 is 1.26 bits per heavy atom. The standard InChI is InChI=1S/C11H9N2O.C8H14N2.CH4O.Hf/c12-10-4-2-1-3-9(10)11(13)8-5-6-14-7-8;1-10-6-7-4-2-3-5-8(7)9;1-2;/h2-7,13H,12H2;6H,2-5,9H2,1H3;2H,1H3;/q-1;;;. The second kappa shape index (κ2) is 14.1. The second-order valence-electron chi connectivity index (χ2n) is 5.55. The van der Waals surface area contributed by atoms with Crippen molar-refractivity contribution < 1.29 is 35.4 Å². The van der Waals surface area contributed by atoms with E-state index in [1.165, 1.54) is 30.9 Å². The fraction of sp³-hybridized carbons (Fsp3) is 0.300. The van der Waals surface area contributed by atoms with Crippen LogP contribution < -0.4 is 11.5 Å². The van der Waals surface area contributed by atoms with Crippen LogP contribution in [0.15, 0.2) is 57.5 Å². The van der Waals surface area contributed by atoms with Crippen LogP contribution in [0.1, 0.15) is 36.8 Å². The number of furan rings is 1. The molecule has 0 radical (unpaired) electrons. The van der Waals surface area contributed by atoms with Gasteiger partial charge in [-0.15, -0.1) is 6.07 Å². The minimum atomic E-state index is 0. The van der Waals surface area contributed by atoms with Crippen molar-refractivity contribution in [2.75, 3.05) is 19.9 Å². The molecule has 6 nitrogen and oxygen atoms in total. The van der Waals surface area contributed by atoms with Crippen molar-refractivity contribution in [2.45, 2.75) is 25.7 Å². The fourth-order valence-electron chi connectivity index (χ4n) is 2.48. The quantitative estimate of drug-likeness (QED) is 0.209. The van der Waals surface area contributed by atoms with Crippen molar-refractivity contribution in [1.29, 1.82) is 5.41 Å². The van der Waals surface area contributed by atoms with E-state index in [-0.39, 0.29) is 25.8 Å². The first-order valence-corrected chi connectivity index (χ1v) is 8.35. The van der Waals surface area contributed by atoms with Crippen molar-refractivity contribution in [2.24, 2.45) is 10.7 Å². The summed E-state index contributed by atoms with van der Waals surface area (Å²) in [5.74, 6) is 0. The Morgan fingerprint density at radius 2 is 1.96 bits per heavy atom. The molecule has 1 aromatic carbocycles. The van der Waals surface area contributed by atoms with Gasteiger partial charge in [0, 0.05) is 63.2 Å². The molecule has 7 heteroatoms. The van der Waals surface area contributed by atoms with Gasteiger partial charge in [-0.3, -0.25) is 4.99 Å². The summed E-state index contributed by atoms with van der Waals surface area (Å²) in [5.41, 5.74) is 16.1. The molecule has 0 aliphatic heterocycles. The van der Waals surface area contributed by atoms with Gasteiger partial charge in [-0.2, -0.15) is 18.2 Å². The zero-order valence-electron chi connectivity index (χ0n) is 15.8. The Labute approximate surface area is 179 Å². The molecule has 0 bridgehead atoms. The van der Waals surface area contributed by atoms with Crippen molar-refractivity contribution >= 4 is 17.6 Å². The minimum Gasteiger partial charge on any atom is -0.472 e. The number of hydrogen-bond donors (Lipinski definition) is 4. The van der Waals surface area contributed by atoms with Gasteiger partial charge in [0.05, 0.1) is 12.5 Å². The first kappa shape index (κ1) is 25.0. The maximum Gasteiger partial charge on any atom is 0.0985 e. The zero-order chi connectivity index (χ0) is 19.4. The van der Waals surface area contributed by atoms with E-state index in [2.05, 4.69) is 11.1 Å². The molecule has 27 heavy (non-hydrogen) atoms. The molecular weight excluding hydrogens is 507 g/mol. The molecule has 1 aliphatic carbocycles. The van der Waals surface area contributed by atoms with Crippen molar-refractivity contribution in [3.05, 3.63) is 65.3 Å². The van der Waals surface area contributed by atoms with Gasteiger partial charge in [0.25, 0.3) is 0 Å². The first-order valence-electron chi connectivity index (χ1n) is 8.35. The second-order valence-corrected chi connectivity index (χ2v) is 5.55. The fourth-order valence-corrected chi connectivity index (χ4v) is 2.48. The van der Waals surface area contributed by atoms with Gasteiger partial charge in [-0.25, -0.2) is 0 Å². The molecule has 2 aromatic rings. The number of rotatable bonds is 3. The molecule has 0 saturated heterocycles. The summed E-state index contributed by atoms with van der Waals surface area (Å²) in [6.45, 7) is 0. The van der Waals surface area contributed by atoms with Gasteiger partial charge in [0.2, 0.25) is 0 Å². The molecule has 3 rings (SSSR count). The minimum absolute atomic E-state index is 0. The largest absolute Gasteiger partial charge is 0.472 e. The summed E-state index contributed by atoms with van der Waals surface area (Å²) in [5, 5.41) is 14.9. The van der Waals surface area contributed by atoms with Crippen LogP contribution in [0.2, 0.25) is 0 Å². The molecule has 144 valence electrons. The number of benzene rings is 1. The number of nitrogens with one attached hydrogen (secondary N) is 1. The van der Waals surface area contributed by atoms with Crippen LogP contribution in [0, 0.1) is 11.5 Å². The molecular formula is C20H27HfN4O2-. The summed E-state index contributed by atoms with van der Waals surface area (Å²) in [6.07, 6.45) is 9.62. The van der Waals surface area contributed by atoms with E-state index in [1.807, 2.05) is 6.21 Å². The van der Waals surface area contributed by atoms with Gasteiger partial charge in [-0.05, 0) is 37.3 Å². The summed E-state index contributed by atoms with van der Waals surface area (Å²) in [7, 11) is 2.79. The average Bonchev–Trinajstić information content (AvgIpc) is 3.21. The predicted octanol–water partition coefficient (Wildman–Crippen LogP) is 3.16. The van der Waals surface area contributed by atoms with Crippen LogP contribution in [0.4, 0.5) is 5.69 Å². The van der Waals surface area contributed by atoms with E-state index in [0.29, 0.717) is 17.0 Å². The molecule has 6 N–H and O–H groups in total. The third-order valence-corrected chi connectivity index (χ3v) is 3.82. The van der Waals surface area contributed by atoms with Crippen LogP contribution in [0.25, 0.3) is 0 Å². The van der Waals surface area contributed by atoms with Crippen molar-refractivity contribution in [1.82, 2.24) is 0 Å². The molecule has 1 aliphatic rings. The van der Waals surface area contributed by atoms with E-state index in [4.69, 9.17) is 26.4 Å². The first-order chi connectivity index (χ1) is 12.6. The SMILES string of the molecule is CN=CC1=C(N)CCCC1.CO.N=C(c1ccoc1)c1c[c-]ccc1N.[Hf]. The molecule has 1 aromatic heterocycles. The number of nitrogens with two attached hydrogens (primary N) is 2. The number of aliphatic imine (C=N–C) groups is 1. The third-order valence-electron chi connectivity index (χ3n) is 3.82. The van der Waals surface area contributed by atoms with Crippen LogP contribution >= 0.6 is 0 Å². The summed E-state index contributed by atoms with van der Waals surface area (Å²) >= 11 is 0. The molecule has 0 amide bonds. The summed E-state index contributed by atoms with van der Waals surface area (Å²) < 4.78 is 4.91. The maximum absolute atomic E-state index is 7.87. The van der Waals surface area contributed by atoms with Gasteiger partial charge in [0.1, 0.15) is 0 Å². The predicted molar refractivity (Wildman–Crippen MR) is 107 cm³/mol. The Bertz CT molecular complexity index is 740. The van der Waals surface area contributed by atoms with Crippen LogP contribution in [-0.4, -0.2) is 31.2 Å². The van der Waals surface area contributed by atoms with E-state index >= 15 is 0 Å². The van der Waals surface area contributed by atoms with Crippen LogP contribution in [-0.2, 0) is 25.8 Å². The number of allylic oxidation sites excluding steroid dienone is 2. The average molecular weight is 534 g/mol. The number of anilines is 1. The third kappa shape index (κ3) is 8.05. The molecule has 1 heterocycles. The van der Waals surface area contributed by atoms with Crippen LogP contribution in [0.3, 0.4) is 0 Å². The smallest absolute Gasteiger partial charge is 0.0985 e. The van der Waals surface area contributed by atoms with Crippen LogP contribution in [0.5, 0.6) is 0 Å². The number of hydrogen-bond acceptors (Lipinski definition) is 6. The number of nitrogens with zero attached hydrogens (tertiary/aromatic N) is 1. The van der Waals surface area contributed by atoms with Crippen molar-refractivity contribution in [3.8, 4) is 0 Å². The van der Waals surface area contributed by atoms with Gasteiger partial charge in [0.15, 0.2) is 0 Å². The number of aliphatic hydroxyl groups excluding tert-OH is 1. The van der Waals surface area contributed by atoms with E-state index in [0.717, 1.165) is 31.2 Å². The Balaban J connectivity index is 0.000000463. The van der Waals surface area contributed by atoms with E-state index < -0.39 is 0 Å². The Hall–Kier alpha value is -1.99. The molecule has 0 spiro atoms. The van der Waals surface area contributed by atoms with Gasteiger partial charge in [-0.1, -0.05) is 11.3 Å². The Kier molecular flexibility index (Phi) is 13.1. The zero-order valence-corrected chi connectivity index (χ0v) is 19.4. The summed E-state index contributed by atoms with van der Waals surface area (Å²) in [6, 6.07) is 9.77. The topological polar surface area (TPSA) is 122 Å². The maximum atomic E-state index is 7.87. The number of aliphatic hydroxyl groups is 1. The van der Waals surface area contributed by atoms with Gasteiger partial charge < -0.3 is 26.4 Å². The van der Waals surface area contributed by atoms with Gasteiger partial charge >= 0.3 is 0 Å². The van der Waals surface area contributed by atoms with E-state index in [1.54, 1.807) is 31.3 Å². The number of nitrogen functional groups attached to an aromatic ring is 1.